The van der Waals surface area contributed by atoms with Crippen molar-refractivity contribution in [1.29, 1.82) is 0 Å². The van der Waals surface area contributed by atoms with Crippen LogP contribution in [-0.4, -0.2) is 22.1 Å². The molecule has 2 nitrogen and oxygen atoms in total. The lowest BCUT2D eigenvalue weighted by atomic mass is 10.6. The highest BCUT2D eigenvalue weighted by Crippen LogP contribution is 2.45. The molecule has 0 spiro atoms. The summed E-state index contributed by atoms with van der Waals surface area (Å²) in [5.41, 5.74) is 0. The maximum atomic E-state index is 5.62. The predicted molar refractivity (Wildman–Crippen MR) is 43.9 cm³/mol. The van der Waals surface area contributed by atoms with Gasteiger partial charge in [-0.15, -0.1) is 12.6 Å². The number of halogens is 3. The minimum atomic E-state index is -1.57. The lowest BCUT2D eigenvalue weighted by Crippen LogP contribution is -2.46. The zero-order chi connectivity index (χ0) is 7.83. The van der Waals surface area contributed by atoms with Crippen molar-refractivity contribution in [1.82, 2.24) is 0 Å². The Labute approximate surface area is 79.1 Å². The van der Waals surface area contributed by atoms with Crippen LogP contribution in [0.1, 0.15) is 0 Å². The molecular formula is C4H5Cl3O2S. The van der Waals surface area contributed by atoms with Gasteiger partial charge in [-0.05, 0) is 0 Å². The highest BCUT2D eigenvalue weighted by Gasteiger charge is 2.50. The molecular weight excluding hydrogens is 218 g/mol. The van der Waals surface area contributed by atoms with Gasteiger partial charge in [0, 0.05) is 0 Å². The number of rotatable bonds is 0. The summed E-state index contributed by atoms with van der Waals surface area (Å²) in [4.78, 5) is 0. The van der Waals surface area contributed by atoms with Gasteiger partial charge in [0.2, 0.25) is 4.39 Å². The summed E-state index contributed by atoms with van der Waals surface area (Å²) in [6, 6.07) is 0. The van der Waals surface area contributed by atoms with Crippen molar-refractivity contribution in [3.63, 3.8) is 0 Å². The smallest absolute Gasteiger partial charge is 0.271 e. The Hall–Kier alpha value is 1.14. The summed E-state index contributed by atoms with van der Waals surface area (Å²) >= 11 is 20.6. The predicted octanol–water partition coefficient (Wildman–Crippen LogP) is 1.99. The van der Waals surface area contributed by atoms with Gasteiger partial charge in [0.05, 0.1) is 13.2 Å². The Balaban J connectivity index is 2.70. The van der Waals surface area contributed by atoms with E-state index in [1.807, 2.05) is 0 Å². The number of alkyl halides is 3. The summed E-state index contributed by atoms with van der Waals surface area (Å²) in [7, 11) is 0. The molecule has 0 amide bonds. The second kappa shape index (κ2) is 2.88. The van der Waals surface area contributed by atoms with E-state index in [1.165, 1.54) is 0 Å². The van der Waals surface area contributed by atoms with Crippen LogP contribution in [0.3, 0.4) is 0 Å². The van der Waals surface area contributed by atoms with Gasteiger partial charge in [-0.2, -0.15) is 0 Å². The topological polar surface area (TPSA) is 18.5 Å². The van der Waals surface area contributed by atoms with Gasteiger partial charge in [0.15, 0.2) is 0 Å². The van der Waals surface area contributed by atoms with E-state index in [4.69, 9.17) is 44.3 Å². The number of hydrogen-bond acceptors (Lipinski definition) is 3. The molecule has 1 fully saturated rings. The Morgan fingerprint density at radius 2 is 1.60 bits per heavy atom. The molecule has 1 saturated heterocycles. The van der Waals surface area contributed by atoms with Gasteiger partial charge < -0.3 is 9.47 Å². The van der Waals surface area contributed by atoms with Crippen LogP contribution in [0.4, 0.5) is 0 Å². The molecule has 6 heteroatoms. The SMILES string of the molecule is SC1(Cl)OCCOC1(Cl)Cl. The molecule has 1 aliphatic rings. The molecule has 1 aliphatic heterocycles. The monoisotopic (exact) mass is 222 g/mol. The van der Waals surface area contributed by atoms with E-state index >= 15 is 0 Å². The molecule has 1 unspecified atom stereocenters. The van der Waals surface area contributed by atoms with Gasteiger partial charge in [-0.1, -0.05) is 34.8 Å². The third kappa shape index (κ3) is 1.65. The molecule has 1 rings (SSSR count). The van der Waals surface area contributed by atoms with E-state index in [1.54, 1.807) is 0 Å². The maximum Gasteiger partial charge on any atom is 0.271 e. The van der Waals surface area contributed by atoms with Gasteiger partial charge in [-0.3, -0.25) is 0 Å². The van der Waals surface area contributed by atoms with Crippen molar-refractivity contribution < 1.29 is 9.47 Å². The van der Waals surface area contributed by atoms with Crippen LogP contribution < -0.4 is 0 Å². The zero-order valence-electron chi connectivity index (χ0n) is 4.81. The van der Waals surface area contributed by atoms with Gasteiger partial charge in [-0.25, -0.2) is 0 Å². The summed E-state index contributed by atoms with van der Waals surface area (Å²) in [6.45, 7) is 0.663. The second-order valence-electron chi connectivity index (χ2n) is 1.78. The molecule has 0 aromatic rings. The van der Waals surface area contributed by atoms with Crippen molar-refractivity contribution >= 4 is 47.4 Å². The number of ether oxygens (including phenoxy) is 2. The zero-order valence-corrected chi connectivity index (χ0v) is 7.97. The summed E-state index contributed by atoms with van der Waals surface area (Å²) in [6.07, 6.45) is 0. The Morgan fingerprint density at radius 1 is 1.10 bits per heavy atom. The second-order valence-corrected chi connectivity index (χ2v) is 4.46. The van der Waals surface area contributed by atoms with E-state index in [0.717, 1.165) is 0 Å². The molecule has 0 N–H and O–H groups in total. The molecule has 0 radical (unpaired) electrons. The van der Waals surface area contributed by atoms with E-state index < -0.39 is 8.91 Å². The van der Waals surface area contributed by atoms with E-state index in [0.29, 0.717) is 13.2 Å². The van der Waals surface area contributed by atoms with Gasteiger partial charge in [0.1, 0.15) is 0 Å². The molecule has 0 saturated carbocycles. The molecule has 0 aliphatic carbocycles. The largest absolute Gasteiger partial charge is 0.344 e. The summed E-state index contributed by atoms with van der Waals surface area (Å²) < 4.78 is 6.78. The number of hydrogen-bond donors (Lipinski definition) is 1. The third-order valence-corrected chi connectivity index (χ3v) is 3.05. The van der Waals surface area contributed by atoms with Crippen LogP contribution in [0, 0.1) is 0 Å². The van der Waals surface area contributed by atoms with E-state index in [9.17, 15) is 0 Å². The Kier molecular flexibility index (Phi) is 2.66. The normalized spacial score (nSPS) is 39.6. The summed E-state index contributed by atoms with van der Waals surface area (Å²) in [5, 5.41) is 0. The summed E-state index contributed by atoms with van der Waals surface area (Å²) in [5.74, 6) is 0. The third-order valence-electron chi connectivity index (χ3n) is 1.02. The van der Waals surface area contributed by atoms with E-state index in [-0.39, 0.29) is 0 Å². The van der Waals surface area contributed by atoms with Crippen LogP contribution in [0.15, 0.2) is 0 Å². The van der Waals surface area contributed by atoms with Crippen LogP contribution in [0.25, 0.3) is 0 Å². The van der Waals surface area contributed by atoms with Crippen molar-refractivity contribution in [2.45, 2.75) is 8.91 Å². The maximum absolute atomic E-state index is 5.62. The average Bonchev–Trinajstić information content (AvgIpc) is 1.77. The molecule has 0 bridgehead atoms. The van der Waals surface area contributed by atoms with Crippen molar-refractivity contribution in [2.75, 3.05) is 13.2 Å². The van der Waals surface area contributed by atoms with Crippen molar-refractivity contribution in [2.24, 2.45) is 0 Å². The minimum absolute atomic E-state index is 0.321. The molecule has 10 heavy (non-hydrogen) atoms. The van der Waals surface area contributed by atoms with Gasteiger partial charge in [0.25, 0.3) is 4.52 Å². The van der Waals surface area contributed by atoms with E-state index in [2.05, 4.69) is 12.6 Å². The lowest BCUT2D eigenvalue weighted by Gasteiger charge is -2.37. The Morgan fingerprint density at radius 3 is 1.90 bits per heavy atom. The number of thiol groups is 1. The van der Waals surface area contributed by atoms with Crippen LogP contribution in [0.2, 0.25) is 0 Å². The van der Waals surface area contributed by atoms with Crippen LogP contribution in [0.5, 0.6) is 0 Å². The first-order valence-electron chi connectivity index (χ1n) is 2.53. The molecule has 0 aromatic heterocycles. The van der Waals surface area contributed by atoms with Crippen molar-refractivity contribution in [3.8, 4) is 0 Å². The molecule has 0 aromatic carbocycles. The fourth-order valence-electron chi connectivity index (χ4n) is 0.520. The van der Waals surface area contributed by atoms with Crippen molar-refractivity contribution in [3.05, 3.63) is 0 Å². The fourth-order valence-corrected chi connectivity index (χ4v) is 1.07. The first-order valence-corrected chi connectivity index (χ1v) is 4.11. The van der Waals surface area contributed by atoms with Crippen LogP contribution in [-0.2, 0) is 9.47 Å². The molecule has 1 heterocycles. The fraction of sp³-hybridized carbons (Fsp3) is 1.00. The standard InChI is InChI=1S/C4H5Cl3O2S/c5-3(6)4(7,10)9-2-1-8-3/h10H,1-2H2. The van der Waals surface area contributed by atoms with Gasteiger partial charge >= 0.3 is 0 Å². The molecule has 1 atom stereocenters. The first-order chi connectivity index (χ1) is 4.46. The minimum Gasteiger partial charge on any atom is -0.344 e. The highest BCUT2D eigenvalue weighted by molar-refractivity contribution is 7.83. The molecule has 60 valence electrons. The Bertz CT molecular complexity index is 122. The average molecular weight is 224 g/mol. The first kappa shape index (κ1) is 9.23. The quantitative estimate of drug-likeness (QED) is 0.500. The lowest BCUT2D eigenvalue weighted by molar-refractivity contribution is -0.108. The highest BCUT2D eigenvalue weighted by atomic mass is 35.5. The van der Waals surface area contributed by atoms with Crippen LogP contribution >= 0.6 is 47.4 Å².